The zero-order chi connectivity index (χ0) is 18.7. The lowest BCUT2D eigenvalue weighted by Gasteiger charge is -2.26. The number of nitriles is 1. The lowest BCUT2D eigenvalue weighted by molar-refractivity contribution is 0.185. The number of rotatable bonds is 6. The number of hydrogen-bond donors (Lipinski definition) is 1. The number of methoxy groups -OCH3 is 1. The fourth-order valence-electron chi connectivity index (χ4n) is 3.25. The Balaban J connectivity index is 2.25. The van der Waals surface area contributed by atoms with Crippen LogP contribution in [-0.2, 0) is 17.7 Å². The zero-order valence-corrected chi connectivity index (χ0v) is 14.8. The largest absolute Gasteiger partial charge is 0.468 e. The predicted molar refractivity (Wildman–Crippen MR) is 94.6 cm³/mol. The standard InChI is InChI=1S/C19H21N3O4/c1-3-5-12-10-15-17(19(23)22(12)7-9-24-2)16(14-6-4-8-25-14)13(11-20)18(21)26-15/h4,6,8,10,16H,3,5,7,9,21H2,1-2H3. The van der Waals surface area contributed by atoms with Crippen LogP contribution in [-0.4, -0.2) is 18.3 Å². The fourth-order valence-corrected chi connectivity index (χ4v) is 3.25. The van der Waals surface area contributed by atoms with Gasteiger partial charge < -0.3 is 24.2 Å². The Labute approximate surface area is 151 Å². The first-order valence-corrected chi connectivity index (χ1v) is 8.48. The van der Waals surface area contributed by atoms with Crippen LogP contribution in [0.4, 0.5) is 0 Å². The number of hydrogen-bond acceptors (Lipinski definition) is 6. The highest BCUT2D eigenvalue weighted by molar-refractivity contribution is 5.53. The molecule has 0 radical (unpaired) electrons. The van der Waals surface area contributed by atoms with Crippen molar-refractivity contribution >= 4 is 0 Å². The maximum Gasteiger partial charge on any atom is 0.258 e. The van der Waals surface area contributed by atoms with Gasteiger partial charge in [-0.05, 0) is 18.6 Å². The van der Waals surface area contributed by atoms with Gasteiger partial charge in [-0.3, -0.25) is 4.79 Å². The molecule has 1 aliphatic rings. The van der Waals surface area contributed by atoms with E-state index in [1.807, 2.05) is 13.0 Å². The molecule has 0 bridgehead atoms. The third-order valence-electron chi connectivity index (χ3n) is 4.42. The third kappa shape index (κ3) is 3.00. The van der Waals surface area contributed by atoms with Gasteiger partial charge in [-0.15, -0.1) is 0 Å². The molecule has 0 aliphatic carbocycles. The molecule has 136 valence electrons. The van der Waals surface area contributed by atoms with E-state index in [2.05, 4.69) is 6.07 Å². The Morgan fingerprint density at radius 1 is 1.46 bits per heavy atom. The van der Waals surface area contributed by atoms with Crippen LogP contribution in [0.25, 0.3) is 0 Å². The third-order valence-corrected chi connectivity index (χ3v) is 4.42. The Morgan fingerprint density at radius 2 is 2.27 bits per heavy atom. The van der Waals surface area contributed by atoms with Crippen LogP contribution in [0.15, 0.2) is 45.1 Å². The van der Waals surface area contributed by atoms with Crippen molar-refractivity contribution in [2.75, 3.05) is 13.7 Å². The first-order valence-electron chi connectivity index (χ1n) is 8.48. The van der Waals surface area contributed by atoms with Gasteiger partial charge in [0.1, 0.15) is 23.2 Å². The smallest absolute Gasteiger partial charge is 0.258 e. The van der Waals surface area contributed by atoms with Gasteiger partial charge in [0.15, 0.2) is 0 Å². The van der Waals surface area contributed by atoms with Crippen LogP contribution < -0.4 is 16.0 Å². The highest BCUT2D eigenvalue weighted by Crippen LogP contribution is 2.40. The van der Waals surface area contributed by atoms with Crippen molar-refractivity contribution in [2.24, 2.45) is 5.73 Å². The fraction of sp³-hybridized carbons (Fsp3) is 0.368. The molecule has 26 heavy (non-hydrogen) atoms. The number of aryl methyl sites for hydroxylation is 1. The maximum atomic E-state index is 13.3. The van der Waals surface area contributed by atoms with E-state index in [0.29, 0.717) is 30.2 Å². The number of ether oxygens (including phenoxy) is 2. The van der Waals surface area contributed by atoms with Gasteiger partial charge in [-0.25, -0.2) is 0 Å². The van der Waals surface area contributed by atoms with Crippen molar-refractivity contribution < 1.29 is 13.9 Å². The molecule has 1 unspecified atom stereocenters. The molecule has 0 amide bonds. The van der Waals surface area contributed by atoms with Crippen molar-refractivity contribution in [1.29, 1.82) is 5.26 Å². The molecule has 3 rings (SSSR count). The van der Waals surface area contributed by atoms with Gasteiger partial charge in [0.05, 0.1) is 24.4 Å². The topological polar surface area (TPSA) is 103 Å². The molecule has 2 aromatic rings. The average molecular weight is 355 g/mol. The van der Waals surface area contributed by atoms with Gasteiger partial charge in [0.2, 0.25) is 5.88 Å². The molecule has 0 spiro atoms. The zero-order valence-electron chi connectivity index (χ0n) is 14.8. The summed E-state index contributed by atoms with van der Waals surface area (Å²) < 4.78 is 18.0. The summed E-state index contributed by atoms with van der Waals surface area (Å²) >= 11 is 0. The molecule has 7 heteroatoms. The molecule has 0 fully saturated rings. The Bertz CT molecular complexity index is 919. The van der Waals surface area contributed by atoms with Crippen molar-refractivity contribution in [3.63, 3.8) is 0 Å². The molecule has 3 heterocycles. The van der Waals surface area contributed by atoms with Crippen LogP contribution in [0, 0.1) is 11.3 Å². The van der Waals surface area contributed by atoms with Crippen molar-refractivity contribution in [1.82, 2.24) is 4.57 Å². The number of nitrogens with two attached hydrogens (primary N) is 1. The average Bonchev–Trinajstić information content (AvgIpc) is 3.15. The van der Waals surface area contributed by atoms with E-state index in [0.717, 1.165) is 18.5 Å². The highest BCUT2D eigenvalue weighted by Gasteiger charge is 2.36. The SMILES string of the molecule is CCCc1cc2c(c(=O)n1CCOC)C(c1ccco1)C(C#N)=C(N)O2. The van der Waals surface area contributed by atoms with E-state index < -0.39 is 5.92 Å². The minimum Gasteiger partial charge on any atom is -0.468 e. The number of pyridine rings is 1. The molecule has 0 saturated heterocycles. The number of nitrogens with zero attached hydrogens (tertiary/aromatic N) is 2. The second-order valence-corrected chi connectivity index (χ2v) is 6.05. The van der Waals surface area contributed by atoms with Crippen molar-refractivity contribution in [3.8, 4) is 11.8 Å². The van der Waals surface area contributed by atoms with E-state index >= 15 is 0 Å². The first kappa shape index (κ1) is 17.8. The number of fused-ring (bicyclic) bond motifs is 1. The predicted octanol–water partition coefficient (Wildman–Crippen LogP) is 2.26. The minimum atomic E-state index is -0.685. The summed E-state index contributed by atoms with van der Waals surface area (Å²) in [6.45, 7) is 2.87. The van der Waals surface area contributed by atoms with Crippen LogP contribution >= 0.6 is 0 Å². The van der Waals surface area contributed by atoms with Gasteiger partial charge in [0.25, 0.3) is 5.56 Å². The second kappa shape index (κ2) is 7.50. The van der Waals surface area contributed by atoms with E-state index in [9.17, 15) is 10.1 Å². The molecule has 7 nitrogen and oxygen atoms in total. The highest BCUT2D eigenvalue weighted by atomic mass is 16.5. The Morgan fingerprint density at radius 3 is 2.88 bits per heavy atom. The molecular weight excluding hydrogens is 334 g/mol. The number of allylic oxidation sites excluding steroid dienone is 1. The molecule has 0 saturated carbocycles. The van der Waals surface area contributed by atoms with Crippen LogP contribution in [0.2, 0.25) is 0 Å². The Kier molecular flexibility index (Phi) is 5.14. The van der Waals surface area contributed by atoms with Crippen molar-refractivity contribution in [3.05, 3.63) is 63.3 Å². The quantitative estimate of drug-likeness (QED) is 0.852. The summed E-state index contributed by atoms with van der Waals surface area (Å²) in [4.78, 5) is 13.3. The summed E-state index contributed by atoms with van der Waals surface area (Å²) in [5.74, 6) is 0.173. The van der Waals surface area contributed by atoms with Gasteiger partial charge in [0, 0.05) is 25.4 Å². The molecule has 2 aromatic heterocycles. The summed E-state index contributed by atoms with van der Waals surface area (Å²) in [6.07, 6.45) is 3.10. The minimum absolute atomic E-state index is 0.00195. The summed E-state index contributed by atoms with van der Waals surface area (Å²) in [5, 5.41) is 9.56. The summed E-state index contributed by atoms with van der Waals surface area (Å²) in [7, 11) is 1.59. The Hall–Kier alpha value is -2.98. The number of furan rings is 1. The number of aromatic nitrogens is 1. The molecule has 0 aromatic carbocycles. The van der Waals surface area contributed by atoms with Gasteiger partial charge >= 0.3 is 0 Å². The molecule has 1 atom stereocenters. The van der Waals surface area contributed by atoms with Gasteiger partial charge in [-0.1, -0.05) is 13.3 Å². The molecule has 2 N–H and O–H groups in total. The summed E-state index contributed by atoms with van der Waals surface area (Å²) in [6, 6.07) is 7.32. The van der Waals surface area contributed by atoms with Gasteiger partial charge in [-0.2, -0.15) is 5.26 Å². The van der Waals surface area contributed by atoms with Crippen LogP contribution in [0.1, 0.15) is 36.3 Å². The van der Waals surface area contributed by atoms with E-state index in [1.54, 1.807) is 23.8 Å². The normalized spacial score (nSPS) is 16.1. The van der Waals surface area contributed by atoms with Crippen LogP contribution in [0.3, 0.4) is 0 Å². The van der Waals surface area contributed by atoms with E-state index in [-0.39, 0.29) is 17.0 Å². The van der Waals surface area contributed by atoms with Crippen molar-refractivity contribution in [2.45, 2.75) is 32.2 Å². The molecule has 1 aliphatic heterocycles. The lowest BCUT2D eigenvalue weighted by Crippen LogP contribution is -2.34. The maximum absolute atomic E-state index is 13.3. The first-order chi connectivity index (χ1) is 12.6. The second-order valence-electron chi connectivity index (χ2n) is 6.05. The van der Waals surface area contributed by atoms with E-state index in [4.69, 9.17) is 19.6 Å². The monoisotopic (exact) mass is 355 g/mol. The summed E-state index contributed by atoms with van der Waals surface area (Å²) in [5.41, 5.74) is 7.12. The van der Waals surface area contributed by atoms with E-state index in [1.165, 1.54) is 6.26 Å². The molecular formula is C19H21N3O4. The van der Waals surface area contributed by atoms with Crippen LogP contribution in [0.5, 0.6) is 5.75 Å². The lowest BCUT2D eigenvalue weighted by atomic mass is 9.87.